The fourth-order valence-corrected chi connectivity index (χ4v) is 11.6. The average molecular weight is 659 g/mol. The molecule has 0 aromatic heterocycles. The molecule has 0 bridgehead atoms. The molecule has 0 atom stereocenters. The second kappa shape index (κ2) is 25.8. The van der Waals surface area contributed by atoms with Crippen molar-refractivity contribution in [3.05, 3.63) is 0 Å². The Bertz CT molecular complexity index is 726. The van der Waals surface area contributed by atoms with Crippen LogP contribution in [0.15, 0.2) is 0 Å². The predicted octanol–water partition coefficient (Wildman–Crippen LogP) is 12.2. The summed E-state index contributed by atoms with van der Waals surface area (Å²) in [5.41, 5.74) is 0. The minimum atomic E-state index is -5.91. The molecule has 1 rings (SSSR count). The van der Waals surface area contributed by atoms with Gasteiger partial charge in [0.2, 0.25) is 0 Å². The van der Waals surface area contributed by atoms with Crippen molar-refractivity contribution in [1.29, 1.82) is 0 Å². The molecule has 0 saturated carbocycles. The molecule has 5 nitrogen and oxygen atoms in total. The molecule has 0 radical (unpaired) electrons. The first kappa shape index (κ1) is 41.8. The maximum absolute atomic E-state index is 13.9. The Morgan fingerprint density at radius 3 is 0.909 bits per heavy atom. The van der Waals surface area contributed by atoms with Gasteiger partial charge in [0.25, 0.3) is 0 Å². The van der Waals surface area contributed by atoms with Gasteiger partial charge in [-0.3, -0.25) is 0 Å². The van der Waals surface area contributed by atoms with Crippen LogP contribution >= 0.6 is 0 Å². The Labute approximate surface area is 275 Å². The summed E-state index contributed by atoms with van der Waals surface area (Å²) in [7, 11) is 0. The van der Waals surface area contributed by atoms with Crippen LogP contribution in [-0.4, -0.2) is 21.4 Å². The van der Waals surface area contributed by atoms with Crippen LogP contribution in [-0.2, 0) is 35.6 Å². The van der Waals surface area contributed by atoms with E-state index in [1.54, 1.807) is 0 Å². The first-order valence-corrected chi connectivity index (χ1v) is 22.9. The van der Waals surface area contributed by atoms with Gasteiger partial charge in [0.15, 0.2) is 0 Å². The summed E-state index contributed by atoms with van der Waals surface area (Å²) in [6.07, 6.45) is 32.1. The van der Waals surface area contributed by atoms with Crippen LogP contribution in [0.4, 0.5) is 0 Å². The van der Waals surface area contributed by atoms with Crippen molar-refractivity contribution in [3.63, 3.8) is 0 Å². The topological polar surface area (TPSA) is 69.7 Å². The van der Waals surface area contributed by atoms with Gasteiger partial charge in [0, 0.05) is 0 Å². The predicted molar refractivity (Wildman–Crippen MR) is 182 cm³/mol. The van der Waals surface area contributed by atoms with Crippen molar-refractivity contribution in [2.24, 2.45) is 11.8 Å². The third-order valence-electron chi connectivity index (χ3n) is 9.64. The van der Waals surface area contributed by atoms with Gasteiger partial charge in [0.05, 0.1) is 0 Å². The second-order valence-electron chi connectivity index (χ2n) is 14.9. The molecule has 1 aliphatic heterocycles. The van der Waals surface area contributed by atoms with Crippen LogP contribution in [0.1, 0.15) is 207 Å². The molecule has 0 N–H and O–H groups in total. The van der Waals surface area contributed by atoms with E-state index >= 15 is 0 Å². The third-order valence-corrected chi connectivity index (χ3v) is 15.7. The SMILES string of the molecule is CC(C)CCCCCCCCCCCCCC[C](=O)[Ti]1(=[O])([C](=O)CCCCCCCCCCCCCCC(C)C)[O]CC[O]1. The molecule has 1 aliphatic rings. The van der Waals surface area contributed by atoms with E-state index in [2.05, 4.69) is 27.7 Å². The molecule has 1 saturated heterocycles. The van der Waals surface area contributed by atoms with Crippen LogP contribution < -0.4 is 0 Å². The summed E-state index contributed by atoms with van der Waals surface area (Å²) in [4.78, 5) is 26.3. The quantitative estimate of drug-likeness (QED) is 0.0531. The van der Waals surface area contributed by atoms with E-state index < -0.39 is 24.2 Å². The second-order valence-corrected chi connectivity index (χ2v) is 20.6. The fraction of sp³-hybridized carbons (Fsp3) is 0.947. The van der Waals surface area contributed by atoms with E-state index in [-0.39, 0.29) is 26.1 Å². The van der Waals surface area contributed by atoms with Crippen molar-refractivity contribution in [3.8, 4) is 0 Å². The van der Waals surface area contributed by atoms with Gasteiger partial charge < -0.3 is 0 Å². The molecule has 1 fully saturated rings. The Morgan fingerprint density at radius 1 is 0.432 bits per heavy atom. The monoisotopic (exact) mass is 659 g/mol. The van der Waals surface area contributed by atoms with Gasteiger partial charge in [-0.2, -0.15) is 0 Å². The summed E-state index contributed by atoms with van der Waals surface area (Å²) in [5, 5.41) is 0. The molecular weight excluding hydrogens is 584 g/mol. The first-order valence-electron chi connectivity index (χ1n) is 19.4. The van der Waals surface area contributed by atoms with E-state index in [1.165, 1.54) is 128 Å². The molecule has 0 aliphatic carbocycles. The summed E-state index contributed by atoms with van der Waals surface area (Å²) < 4.78 is 23.9. The van der Waals surface area contributed by atoms with Gasteiger partial charge in [-0.05, 0) is 11.8 Å². The summed E-state index contributed by atoms with van der Waals surface area (Å²) >= 11 is -5.91. The van der Waals surface area contributed by atoms with Crippen LogP contribution in [0.2, 0.25) is 0 Å². The zero-order chi connectivity index (χ0) is 32.4. The Balaban J connectivity index is 2.09. The summed E-state index contributed by atoms with van der Waals surface area (Å²) in [6, 6.07) is 0. The van der Waals surface area contributed by atoms with E-state index in [0.29, 0.717) is 12.8 Å². The van der Waals surface area contributed by atoms with Gasteiger partial charge in [-0.1, -0.05) is 66.2 Å². The molecule has 0 unspecified atom stereocenters. The normalized spacial score (nSPS) is 15.7. The zero-order valence-corrected chi connectivity index (χ0v) is 31.5. The molecule has 0 aromatic rings. The average Bonchev–Trinajstić information content (AvgIpc) is 3.42. The third kappa shape index (κ3) is 18.8. The number of hydrogen-bond donors (Lipinski definition) is 0. The number of hydrogen-bond acceptors (Lipinski definition) is 5. The van der Waals surface area contributed by atoms with Gasteiger partial charge >= 0.3 is 198 Å². The molecule has 260 valence electrons. The van der Waals surface area contributed by atoms with Crippen molar-refractivity contribution < 1.29 is 35.6 Å². The maximum atomic E-state index is 13.9. The van der Waals surface area contributed by atoms with Crippen molar-refractivity contribution in [2.75, 3.05) is 13.2 Å². The molecule has 6 heteroatoms. The van der Waals surface area contributed by atoms with E-state index in [0.717, 1.165) is 37.5 Å². The van der Waals surface area contributed by atoms with Gasteiger partial charge in [-0.15, -0.1) is 0 Å². The van der Waals surface area contributed by atoms with E-state index in [9.17, 15) is 12.9 Å². The minimum absolute atomic E-state index is 0.0913. The zero-order valence-electron chi connectivity index (χ0n) is 29.9. The van der Waals surface area contributed by atoms with Crippen LogP contribution in [0.3, 0.4) is 0 Å². The standard InChI is InChI=1S/2C18H35O.C2H4O2.O.Ti/c2*1-18(2)16-14-12-10-8-6-4-3-5-7-9-11-13-15-17-19;3-1-2-4;;/h2*18H,3-16H2,1-2H3;1-2H2;;/q;;-2;;+2. The number of carbonyl (C=O) groups excluding carboxylic acids is 2. The number of rotatable bonds is 32. The Morgan fingerprint density at radius 2 is 0.659 bits per heavy atom. The van der Waals surface area contributed by atoms with E-state index in [4.69, 9.17) is 6.64 Å². The summed E-state index contributed by atoms with van der Waals surface area (Å²) in [5.74, 6) is 1.66. The van der Waals surface area contributed by atoms with Gasteiger partial charge in [-0.25, -0.2) is 0 Å². The fourth-order valence-electron chi connectivity index (χ4n) is 6.62. The molecule has 0 spiro atoms. The first-order chi connectivity index (χ1) is 21.2. The Kier molecular flexibility index (Phi) is 24.5. The summed E-state index contributed by atoms with van der Waals surface area (Å²) in [6.45, 7) is 9.40. The van der Waals surface area contributed by atoms with Crippen molar-refractivity contribution in [2.45, 2.75) is 207 Å². The van der Waals surface area contributed by atoms with Crippen molar-refractivity contribution in [1.82, 2.24) is 0 Å². The number of unbranched alkanes of at least 4 members (excludes halogenated alkanes) is 22. The van der Waals surface area contributed by atoms with Crippen LogP contribution in [0.5, 0.6) is 0 Å². The Hall–Kier alpha value is -0.226. The molecular formula is C38H74O5Ti. The number of carbonyl (C=O) groups is 2. The molecule has 1 heterocycles. The molecule has 44 heavy (non-hydrogen) atoms. The van der Waals surface area contributed by atoms with Gasteiger partial charge in [0.1, 0.15) is 0 Å². The van der Waals surface area contributed by atoms with Crippen molar-refractivity contribution >= 4 is 8.18 Å². The van der Waals surface area contributed by atoms with E-state index in [1.807, 2.05) is 0 Å². The van der Waals surface area contributed by atoms with Crippen LogP contribution in [0.25, 0.3) is 0 Å². The molecule has 0 aromatic carbocycles. The molecule has 0 amide bonds. The van der Waals surface area contributed by atoms with Crippen LogP contribution in [0, 0.1) is 11.8 Å².